The molecule has 1 amide bonds. The maximum atomic E-state index is 11.2. The highest BCUT2D eigenvalue weighted by atomic mass is 16.3. The SMILES string of the molecule is CC1CC1CN1CC(O)CC1=O. The molecule has 1 N–H and O–H groups in total. The molecule has 0 aromatic carbocycles. The standard InChI is InChI=1S/C9H15NO2/c1-6-2-7(6)4-10-5-8(11)3-9(10)12/h6-8,11H,2-5H2,1H3. The lowest BCUT2D eigenvalue weighted by atomic mass is 10.3. The maximum Gasteiger partial charge on any atom is 0.225 e. The molecule has 3 atom stereocenters. The molecule has 68 valence electrons. The number of aliphatic hydroxyl groups excluding tert-OH is 1. The Morgan fingerprint density at radius 1 is 1.67 bits per heavy atom. The van der Waals surface area contributed by atoms with Gasteiger partial charge in [0.2, 0.25) is 5.91 Å². The minimum atomic E-state index is -0.411. The number of carbonyl (C=O) groups excluding carboxylic acids is 1. The van der Waals surface area contributed by atoms with Gasteiger partial charge in [-0.15, -0.1) is 0 Å². The molecule has 0 radical (unpaired) electrons. The van der Waals surface area contributed by atoms with Gasteiger partial charge in [-0.25, -0.2) is 0 Å². The van der Waals surface area contributed by atoms with E-state index in [0.29, 0.717) is 18.9 Å². The maximum absolute atomic E-state index is 11.2. The largest absolute Gasteiger partial charge is 0.391 e. The van der Waals surface area contributed by atoms with Gasteiger partial charge in [0, 0.05) is 13.1 Å². The molecule has 1 aliphatic carbocycles. The summed E-state index contributed by atoms with van der Waals surface area (Å²) in [5, 5.41) is 9.21. The highest BCUT2D eigenvalue weighted by molar-refractivity contribution is 5.79. The second-order valence-electron chi connectivity index (χ2n) is 4.13. The molecule has 3 heteroatoms. The summed E-state index contributed by atoms with van der Waals surface area (Å²) in [7, 11) is 0. The van der Waals surface area contributed by atoms with Crippen molar-refractivity contribution in [1.82, 2.24) is 4.90 Å². The number of carbonyl (C=O) groups is 1. The Bertz CT molecular complexity index is 205. The minimum absolute atomic E-state index is 0.126. The van der Waals surface area contributed by atoms with Gasteiger partial charge in [-0.3, -0.25) is 4.79 Å². The summed E-state index contributed by atoms with van der Waals surface area (Å²) in [6.45, 7) is 3.64. The van der Waals surface area contributed by atoms with E-state index in [9.17, 15) is 9.90 Å². The molecule has 12 heavy (non-hydrogen) atoms. The second-order valence-corrected chi connectivity index (χ2v) is 4.13. The van der Waals surface area contributed by atoms with Gasteiger partial charge in [-0.1, -0.05) is 6.92 Å². The molecule has 0 aromatic rings. The van der Waals surface area contributed by atoms with Gasteiger partial charge in [-0.05, 0) is 18.3 Å². The fourth-order valence-electron chi connectivity index (χ4n) is 1.86. The number of likely N-dealkylation sites (tertiary alicyclic amines) is 1. The van der Waals surface area contributed by atoms with Crippen LogP contribution in [-0.4, -0.2) is 35.1 Å². The Morgan fingerprint density at radius 2 is 2.33 bits per heavy atom. The summed E-state index contributed by atoms with van der Waals surface area (Å²) in [5.74, 6) is 1.62. The zero-order valence-electron chi connectivity index (χ0n) is 7.36. The van der Waals surface area contributed by atoms with Crippen molar-refractivity contribution in [3.63, 3.8) is 0 Å². The molecule has 2 aliphatic rings. The van der Waals surface area contributed by atoms with Crippen LogP contribution in [0.1, 0.15) is 19.8 Å². The van der Waals surface area contributed by atoms with E-state index in [1.807, 2.05) is 0 Å². The van der Waals surface area contributed by atoms with Gasteiger partial charge in [0.15, 0.2) is 0 Å². The lowest BCUT2D eigenvalue weighted by Gasteiger charge is -2.14. The van der Waals surface area contributed by atoms with E-state index in [4.69, 9.17) is 0 Å². The Kier molecular flexibility index (Phi) is 1.83. The van der Waals surface area contributed by atoms with Crippen molar-refractivity contribution < 1.29 is 9.90 Å². The van der Waals surface area contributed by atoms with Crippen molar-refractivity contribution in [1.29, 1.82) is 0 Å². The number of amides is 1. The summed E-state index contributed by atoms with van der Waals surface area (Å²) < 4.78 is 0. The Morgan fingerprint density at radius 3 is 2.75 bits per heavy atom. The minimum Gasteiger partial charge on any atom is -0.391 e. The molecular formula is C9H15NO2. The summed E-state index contributed by atoms with van der Waals surface area (Å²) in [6, 6.07) is 0. The van der Waals surface area contributed by atoms with Crippen LogP contribution in [0.4, 0.5) is 0 Å². The molecular weight excluding hydrogens is 154 g/mol. The molecule has 0 aromatic heterocycles. The van der Waals surface area contributed by atoms with E-state index >= 15 is 0 Å². The van der Waals surface area contributed by atoms with Gasteiger partial charge in [0.25, 0.3) is 0 Å². The van der Waals surface area contributed by atoms with Gasteiger partial charge in [0.05, 0.1) is 12.5 Å². The van der Waals surface area contributed by atoms with E-state index < -0.39 is 6.10 Å². The molecule has 0 bridgehead atoms. The topological polar surface area (TPSA) is 40.5 Å². The zero-order chi connectivity index (χ0) is 8.72. The van der Waals surface area contributed by atoms with Crippen LogP contribution in [0.5, 0.6) is 0 Å². The van der Waals surface area contributed by atoms with E-state index in [2.05, 4.69) is 6.92 Å². The van der Waals surface area contributed by atoms with Crippen LogP contribution in [0.25, 0.3) is 0 Å². The summed E-state index contributed by atoms with van der Waals surface area (Å²) >= 11 is 0. The average Bonchev–Trinajstić information content (AvgIpc) is 2.55. The van der Waals surface area contributed by atoms with Gasteiger partial charge in [-0.2, -0.15) is 0 Å². The Hall–Kier alpha value is -0.570. The van der Waals surface area contributed by atoms with E-state index in [-0.39, 0.29) is 5.91 Å². The lowest BCUT2D eigenvalue weighted by Crippen LogP contribution is -2.28. The number of nitrogens with zero attached hydrogens (tertiary/aromatic N) is 1. The van der Waals surface area contributed by atoms with Crippen molar-refractivity contribution in [2.24, 2.45) is 11.8 Å². The molecule has 1 heterocycles. The van der Waals surface area contributed by atoms with E-state index in [1.54, 1.807) is 4.90 Å². The highest BCUT2D eigenvalue weighted by Gasteiger charge is 2.37. The first kappa shape index (κ1) is 8.05. The van der Waals surface area contributed by atoms with Gasteiger partial charge in [0.1, 0.15) is 0 Å². The van der Waals surface area contributed by atoms with E-state index in [1.165, 1.54) is 6.42 Å². The number of hydrogen-bond acceptors (Lipinski definition) is 2. The van der Waals surface area contributed by atoms with Crippen LogP contribution < -0.4 is 0 Å². The molecule has 1 saturated carbocycles. The van der Waals surface area contributed by atoms with Crippen molar-refractivity contribution in [2.45, 2.75) is 25.9 Å². The van der Waals surface area contributed by atoms with E-state index in [0.717, 1.165) is 12.5 Å². The predicted octanol–water partition coefficient (Wildman–Crippen LogP) is 0.236. The van der Waals surface area contributed by atoms with Crippen LogP contribution >= 0.6 is 0 Å². The Labute approximate surface area is 72.4 Å². The first-order chi connectivity index (χ1) is 5.66. The third kappa shape index (κ3) is 1.46. The third-order valence-corrected chi connectivity index (χ3v) is 2.93. The molecule has 3 nitrogen and oxygen atoms in total. The van der Waals surface area contributed by atoms with Crippen LogP contribution in [0.3, 0.4) is 0 Å². The number of aliphatic hydroxyl groups is 1. The predicted molar refractivity (Wildman–Crippen MR) is 44.5 cm³/mol. The van der Waals surface area contributed by atoms with Gasteiger partial charge >= 0.3 is 0 Å². The average molecular weight is 169 g/mol. The quantitative estimate of drug-likeness (QED) is 0.643. The van der Waals surface area contributed by atoms with Crippen molar-refractivity contribution in [2.75, 3.05) is 13.1 Å². The van der Waals surface area contributed by atoms with Crippen LogP contribution in [0, 0.1) is 11.8 Å². The molecule has 3 unspecified atom stereocenters. The summed E-state index contributed by atoms with van der Waals surface area (Å²) in [6.07, 6.45) is 1.17. The fourth-order valence-corrected chi connectivity index (χ4v) is 1.86. The number of β-amino-alcohol motifs (C(OH)–C–C–N with tert-alkyl or cyclic N) is 1. The van der Waals surface area contributed by atoms with Crippen LogP contribution in [0.15, 0.2) is 0 Å². The first-order valence-electron chi connectivity index (χ1n) is 4.62. The van der Waals surface area contributed by atoms with Crippen LogP contribution in [-0.2, 0) is 4.79 Å². The first-order valence-corrected chi connectivity index (χ1v) is 4.62. The molecule has 2 rings (SSSR count). The number of hydrogen-bond donors (Lipinski definition) is 1. The third-order valence-electron chi connectivity index (χ3n) is 2.93. The zero-order valence-corrected chi connectivity index (χ0v) is 7.36. The van der Waals surface area contributed by atoms with Crippen molar-refractivity contribution in [3.8, 4) is 0 Å². The Balaban J connectivity index is 1.84. The molecule has 1 aliphatic heterocycles. The lowest BCUT2D eigenvalue weighted by molar-refractivity contribution is -0.128. The molecule has 0 spiro atoms. The smallest absolute Gasteiger partial charge is 0.225 e. The summed E-state index contributed by atoms with van der Waals surface area (Å²) in [5.41, 5.74) is 0. The van der Waals surface area contributed by atoms with Crippen LogP contribution in [0.2, 0.25) is 0 Å². The number of rotatable bonds is 2. The molecule has 2 fully saturated rings. The van der Waals surface area contributed by atoms with Crippen molar-refractivity contribution in [3.05, 3.63) is 0 Å². The highest BCUT2D eigenvalue weighted by Crippen LogP contribution is 2.38. The summed E-state index contributed by atoms with van der Waals surface area (Å²) in [4.78, 5) is 13.0. The monoisotopic (exact) mass is 169 g/mol. The normalized spacial score (nSPS) is 40.7. The fraction of sp³-hybridized carbons (Fsp3) is 0.889. The van der Waals surface area contributed by atoms with Gasteiger partial charge < -0.3 is 10.0 Å². The molecule has 1 saturated heterocycles. The second kappa shape index (κ2) is 2.73. The van der Waals surface area contributed by atoms with Crippen molar-refractivity contribution >= 4 is 5.91 Å².